The second-order valence-electron chi connectivity index (χ2n) is 5.17. The molecule has 112 valence electrons. The van der Waals surface area contributed by atoms with Crippen molar-refractivity contribution in [1.82, 2.24) is 0 Å². The molecule has 0 saturated heterocycles. The van der Waals surface area contributed by atoms with Crippen LogP contribution in [0.5, 0.6) is 0 Å². The van der Waals surface area contributed by atoms with E-state index in [1.807, 2.05) is 18.2 Å². The van der Waals surface area contributed by atoms with Gasteiger partial charge < -0.3 is 0 Å². The SMILES string of the molecule is [C-]1=CC=CC1.[CH2-]c1ccccc1C1C=Cc2ccccc21.[CH2]=[Ti+2]. The fourth-order valence-corrected chi connectivity index (χ4v) is 2.70. The molecule has 2 aromatic carbocycles. The Balaban J connectivity index is 0.000000232. The number of rotatable bonds is 1. The Morgan fingerprint density at radius 3 is 2.30 bits per heavy atom. The van der Waals surface area contributed by atoms with Gasteiger partial charge in [-0.2, -0.15) is 24.6 Å². The predicted molar refractivity (Wildman–Crippen MR) is 96.9 cm³/mol. The quantitative estimate of drug-likeness (QED) is 0.491. The van der Waals surface area contributed by atoms with E-state index in [0.717, 1.165) is 12.0 Å². The first-order valence-electron chi connectivity index (χ1n) is 7.61. The van der Waals surface area contributed by atoms with E-state index in [9.17, 15) is 0 Å². The van der Waals surface area contributed by atoms with Crippen molar-refractivity contribution in [3.8, 4) is 0 Å². The third-order valence-electron chi connectivity index (χ3n) is 3.78. The summed E-state index contributed by atoms with van der Waals surface area (Å²) in [7, 11) is 0. The summed E-state index contributed by atoms with van der Waals surface area (Å²) in [5.41, 5.74) is 5.15. The molecule has 23 heavy (non-hydrogen) atoms. The molecule has 1 heteroatoms. The van der Waals surface area contributed by atoms with Crippen LogP contribution in [-0.2, 0) is 20.0 Å². The van der Waals surface area contributed by atoms with Crippen molar-refractivity contribution < 1.29 is 20.0 Å². The Hall–Kier alpha value is -1.89. The van der Waals surface area contributed by atoms with Gasteiger partial charge in [0.25, 0.3) is 0 Å². The number of benzene rings is 2. The van der Waals surface area contributed by atoms with Crippen molar-refractivity contribution in [2.45, 2.75) is 12.3 Å². The van der Waals surface area contributed by atoms with Crippen molar-refractivity contribution in [2.75, 3.05) is 0 Å². The molecule has 0 nitrogen and oxygen atoms in total. The second kappa shape index (κ2) is 9.30. The number of hydrogen-bond acceptors (Lipinski definition) is 0. The van der Waals surface area contributed by atoms with Crippen molar-refractivity contribution in [3.05, 3.63) is 108 Å². The molecule has 0 amide bonds. The van der Waals surface area contributed by atoms with Crippen LogP contribution in [0.25, 0.3) is 6.08 Å². The van der Waals surface area contributed by atoms with E-state index in [4.69, 9.17) is 0 Å². The van der Waals surface area contributed by atoms with E-state index in [1.54, 1.807) is 20.0 Å². The molecule has 2 aliphatic carbocycles. The summed E-state index contributed by atoms with van der Waals surface area (Å²) in [6.07, 6.45) is 14.5. The molecule has 0 radical (unpaired) electrons. The van der Waals surface area contributed by atoms with Crippen molar-refractivity contribution >= 4 is 10.9 Å². The molecule has 0 bridgehead atoms. The Morgan fingerprint density at radius 1 is 1.00 bits per heavy atom. The third-order valence-corrected chi connectivity index (χ3v) is 3.78. The van der Waals surface area contributed by atoms with Gasteiger partial charge in [0.1, 0.15) is 0 Å². The topological polar surface area (TPSA) is 0 Å². The van der Waals surface area contributed by atoms with Crippen molar-refractivity contribution in [2.24, 2.45) is 0 Å². The van der Waals surface area contributed by atoms with Crippen LogP contribution in [0.1, 0.15) is 34.6 Å². The van der Waals surface area contributed by atoms with Gasteiger partial charge in [0.05, 0.1) is 0 Å². The minimum absolute atomic E-state index is 0.380. The van der Waals surface area contributed by atoms with Gasteiger partial charge in [0, 0.05) is 0 Å². The fraction of sp³-hybridized carbons (Fsp3) is 0.0909. The molecule has 0 spiro atoms. The van der Waals surface area contributed by atoms with Crippen molar-refractivity contribution in [3.63, 3.8) is 0 Å². The van der Waals surface area contributed by atoms with Gasteiger partial charge in [-0.15, -0.1) is 24.1 Å². The van der Waals surface area contributed by atoms with Crippen LogP contribution >= 0.6 is 0 Å². The van der Waals surface area contributed by atoms with Gasteiger partial charge >= 0.3 is 24.8 Å². The standard InChI is InChI=1S/C16H13.C5H5.CH2.Ti/c1-12-6-2-4-8-14(12)16-11-10-13-7-3-5-9-15(13)16;1-2-4-5-3-1;;/h2-11,16H,1H2;1-3H,4H2;1H2;/q2*-1;;+2. The van der Waals surface area contributed by atoms with E-state index in [2.05, 4.69) is 78.5 Å². The van der Waals surface area contributed by atoms with Gasteiger partial charge in [-0.1, -0.05) is 42.5 Å². The Morgan fingerprint density at radius 2 is 1.70 bits per heavy atom. The molecular weight excluding hydrogens is 312 g/mol. The number of fused-ring (bicyclic) bond motifs is 1. The Bertz CT molecular complexity index is 712. The van der Waals surface area contributed by atoms with Crippen molar-refractivity contribution in [1.29, 1.82) is 0 Å². The van der Waals surface area contributed by atoms with Crippen LogP contribution in [0.15, 0.2) is 72.8 Å². The first kappa shape index (κ1) is 17.5. The molecule has 0 N–H and O–H groups in total. The summed E-state index contributed by atoms with van der Waals surface area (Å²) >= 11 is 1.75. The first-order chi connectivity index (χ1) is 11.4. The van der Waals surface area contributed by atoms with E-state index in [0.29, 0.717) is 5.92 Å². The molecule has 0 saturated carbocycles. The van der Waals surface area contributed by atoms with Gasteiger partial charge in [0.15, 0.2) is 0 Å². The molecule has 1 unspecified atom stereocenters. The van der Waals surface area contributed by atoms with Gasteiger partial charge in [-0.25, -0.2) is 12.2 Å². The normalized spacial score (nSPS) is 16.2. The van der Waals surface area contributed by atoms with Gasteiger partial charge in [-0.05, 0) is 17.0 Å². The van der Waals surface area contributed by atoms with Crippen LogP contribution in [0.3, 0.4) is 0 Å². The average Bonchev–Trinajstić information content (AvgIpc) is 3.30. The molecular formula is C22H20Ti. The zero-order chi connectivity index (χ0) is 16.5. The van der Waals surface area contributed by atoms with E-state index < -0.39 is 0 Å². The minimum atomic E-state index is 0.380. The van der Waals surface area contributed by atoms with E-state index in [-0.39, 0.29) is 0 Å². The molecule has 0 heterocycles. The monoisotopic (exact) mass is 332 g/mol. The second-order valence-corrected chi connectivity index (χ2v) is 5.17. The Labute approximate surface area is 151 Å². The molecule has 2 aliphatic rings. The molecule has 2 aromatic rings. The first-order valence-corrected chi connectivity index (χ1v) is 8.72. The molecule has 4 rings (SSSR count). The predicted octanol–water partition coefficient (Wildman–Crippen LogP) is 5.30. The Kier molecular flexibility index (Phi) is 7.06. The van der Waals surface area contributed by atoms with Crippen LogP contribution < -0.4 is 0 Å². The number of allylic oxidation sites excluding steroid dienone is 5. The van der Waals surface area contributed by atoms with Gasteiger partial charge in [0.2, 0.25) is 0 Å². The summed E-state index contributed by atoms with van der Waals surface area (Å²) in [5.74, 6) is 0.380. The summed E-state index contributed by atoms with van der Waals surface area (Å²) in [6.45, 7) is 4.10. The summed E-state index contributed by atoms with van der Waals surface area (Å²) < 4.78 is 0. The maximum atomic E-state index is 4.10. The molecule has 0 aliphatic heterocycles. The average molecular weight is 332 g/mol. The van der Waals surface area contributed by atoms with Crippen LogP contribution in [-0.4, -0.2) is 4.82 Å². The molecule has 0 aromatic heterocycles. The molecule has 1 atom stereocenters. The maximum absolute atomic E-state index is 4.10. The number of hydrogen-bond donors (Lipinski definition) is 0. The van der Waals surface area contributed by atoms with Crippen LogP contribution in [0.4, 0.5) is 0 Å². The zero-order valence-electron chi connectivity index (χ0n) is 13.2. The summed E-state index contributed by atoms with van der Waals surface area (Å²) in [5, 5.41) is 0. The van der Waals surface area contributed by atoms with Crippen LogP contribution in [0, 0.1) is 13.0 Å². The third kappa shape index (κ3) is 4.54. The van der Waals surface area contributed by atoms with E-state index in [1.165, 1.54) is 16.7 Å². The zero-order valence-corrected chi connectivity index (χ0v) is 14.8. The van der Waals surface area contributed by atoms with Crippen LogP contribution in [0.2, 0.25) is 0 Å². The summed E-state index contributed by atoms with van der Waals surface area (Å²) in [4.78, 5) is 3.25. The fourth-order valence-electron chi connectivity index (χ4n) is 2.70. The molecule has 0 fully saturated rings. The summed E-state index contributed by atoms with van der Waals surface area (Å²) in [6, 6.07) is 16.9. The van der Waals surface area contributed by atoms with Gasteiger partial charge in [-0.3, -0.25) is 6.08 Å². The van der Waals surface area contributed by atoms with E-state index >= 15 is 0 Å².